The van der Waals surface area contributed by atoms with Gasteiger partial charge in [-0.05, 0) is 36.8 Å². The van der Waals surface area contributed by atoms with Crippen molar-refractivity contribution < 1.29 is 13.9 Å². The number of guanidine groups is 1. The molecule has 0 unspecified atom stereocenters. The predicted molar refractivity (Wildman–Crippen MR) is 105 cm³/mol. The summed E-state index contributed by atoms with van der Waals surface area (Å²) in [6, 6.07) is 9.57. The number of nitrogens with zero attached hydrogens (tertiary/aromatic N) is 1. The maximum absolute atomic E-state index is 5.31. The lowest BCUT2D eigenvalue weighted by atomic mass is 10.2. The minimum atomic E-state index is 0. The Labute approximate surface area is 159 Å². The van der Waals surface area contributed by atoms with Crippen LogP contribution in [0.1, 0.15) is 18.2 Å². The van der Waals surface area contributed by atoms with Gasteiger partial charge in [0, 0.05) is 6.54 Å². The van der Waals surface area contributed by atoms with Crippen LogP contribution in [0.2, 0.25) is 0 Å². The van der Waals surface area contributed by atoms with E-state index in [0.29, 0.717) is 24.6 Å². The molecule has 0 spiro atoms. The first-order valence-corrected chi connectivity index (χ1v) is 7.52. The Kier molecular flexibility index (Phi) is 9.06. The van der Waals surface area contributed by atoms with Crippen LogP contribution in [-0.4, -0.2) is 26.7 Å². The average Bonchev–Trinajstić information content (AvgIpc) is 3.10. The topological polar surface area (TPSA) is 68.0 Å². The van der Waals surface area contributed by atoms with E-state index in [9.17, 15) is 0 Å². The molecule has 1 aromatic heterocycles. The Morgan fingerprint density at radius 3 is 2.54 bits per heavy atom. The van der Waals surface area contributed by atoms with Crippen LogP contribution >= 0.6 is 24.0 Å². The number of aliphatic imine (C=N–C) groups is 1. The van der Waals surface area contributed by atoms with E-state index in [4.69, 9.17) is 13.9 Å². The van der Waals surface area contributed by atoms with Gasteiger partial charge in [0.05, 0.1) is 33.6 Å². The second-order valence-electron chi connectivity index (χ2n) is 4.82. The molecule has 0 amide bonds. The van der Waals surface area contributed by atoms with Crippen molar-refractivity contribution in [2.75, 3.05) is 20.8 Å². The van der Waals surface area contributed by atoms with Gasteiger partial charge in [-0.1, -0.05) is 6.07 Å². The smallest absolute Gasteiger partial charge is 0.191 e. The minimum Gasteiger partial charge on any atom is -0.493 e. The molecule has 132 valence electrons. The molecule has 2 N–H and O–H groups in total. The normalized spacial score (nSPS) is 10.7. The van der Waals surface area contributed by atoms with Gasteiger partial charge in [-0.2, -0.15) is 0 Å². The van der Waals surface area contributed by atoms with E-state index in [1.54, 1.807) is 20.5 Å². The van der Waals surface area contributed by atoms with Crippen molar-refractivity contribution >= 4 is 29.9 Å². The number of furan rings is 1. The monoisotopic (exact) mass is 445 g/mol. The molecule has 0 radical (unpaired) electrons. The van der Waals surface area contributed by atoms with Crippen LogP contribution in [0.5, 0.6) is 11.5 Å². The summed E-state index contributed by atoms with van der Waals surface area (Å²) >= 11 is 0. The van der Waals surface area contributed by atoms with Gasteiger partial charge < -0.3 is 24.5 Å². The third-order valence-corrected chi connectivity index (χ3v) is 3.22. The number of ether oxygens (including phenoxy) is 2. The summed E-state index contributed by atoms with van der Waals surface area (Å²) in [5.41, 5.74) is 1.04. The van der Waals surface area contributed by atoms with Crippen LogP contribution < -0.4 is 20.1 Å². The molecule has 0 fully saturated rings. The lowest BCUT2D eigenvalue weighted by Crippen LogP contribution is -2.36. The lowest BCUT2D eigenvalue weighted by molar-refractivity contribution is 0.354. The highest BCUT2D eigenvalue weighted by Crippen LogP contribution is 2.27. The SMILES string of the molecule is CCNC(=NCc1ccc(OC)c(OC)c1)NCc1ccco1.I. The predicted octanol–water partition coefficient (Wildman–Crippen LogP) is 3.17. The second kappa shape index (κ2) is 10.8. The van der Waals surface area contributed by atoms with E-state index < -0.39 is 0 Å². The molecular formula is C17H24IN3O3. The van der Waals surface area contributed by atoms with Gasteiger partial charge in [0.15, 0.2) is 17.5 Å². The van der Waals surface area contributed by atoms with Gasteiger partial charge in [0.2, 0.25) is 0 Å². The molecule has 0 saturated carbocycles. The molecule has 0 atom stereocenters. The zero-order valence-corrected chi connectivity index (χ0v) is 16.5. The highest BCUT2D eigenvalue weighted by atomic mass is 127. The van der Waals surface area contributed by atoms with Crippen LogP contribution in [0, 0.1) is 0 Å². The molecule has 1 aromatic carbocycles. The third kappa shape index (κ3) is 5.95. The maximum Gasteiger partial charge on any atom is 0.191 e. The fourth-order valence-electron chi connectivity index (χ4n) is 2.08. The number of methoxy groups -OCH3 is 2. The zero-order valence-electron chi connectivity index (χ0n) is 14.2. The molecule has 2 aromatic rings. The van der Waals surface area contributed by atoms with Crippen molar-refractivity contribution in [1.29, 1.82) is 0 Å². The number of rotatable bonds is 7. The highest BCUT2D eigenvalue weighted by molar-refractivity contribution is 14.0. The Bertz CT molecular complexity index is 630. The largest absolute Gasteiger partial charge is 0.493 e. The fourth-order valence-corrected chi connectivity index (χ4v) is 2.08. The molecule has 2 rings (SSSR count). The first-order chi connectivity index (χ1) is 11.3. The van der Waals surface area contributed by atoms with E-state index in [1.807, 2.05) is 37.3 Å². The summed E-state index contributed by atoms with van der Waals surface area (Å²) in [6.07, 6.45) is 1.66. The first-order valence-electron chi connectivity index (χ1n) is 7.52. The molecule has 0 bridgehead atoms. The molecule has 7 heteroatoms. The first kappa shape index (κ1) is 20.1. The number of nitrogens with one attached hydrogen (secondary N) is 2. The van der Waals surface area contributed by atoms with Crippen LogP contribution in [0.25, 0.3) is 0 Å². The van der Waals surface area contributed by atoms with Crippen molar-refractivity contribution in [3.05, 3.63) is 47.9 Å². The maximum atomic E-state index is 5.31. The average molecular weight is 445 g/mol. The number of hydrogen-bond donors (Lipinski definition) is 2. The second-order valence-corrected chi connectivity index (χ2v) is 4.82. The summed E-state index contributed by atoms with van der Waals surface area (Å²) in [5, 5.41) is 6.44. The summed E-state index contributed by atoms with van der Waals surface area (Å²) < 4.78 is 15.9. The molecule has 24 heavy (non-hydrogen) atoms. The zero-order chi connectivity index (χ0) is 16.5. The van der Waals surface area contributed by atoms with Gasteiger partial charge in [-0.3, -0.25) is 0 Å². The number of halogens is 1. The quantitative estimate of drug-likeness (QED) is 0.390. The van der Waals surface area contributed by atoms with Crippen molar-refractivity contribution in [3.63, 3.8) is 0 Å². The van der Waals surface area contributed by atoms with E-state index in [0.717, 1.165) is 23.8 Å². The number of hydrogen-bond acceptors (Lipinski definition) is 4. The van der Waals surface area contributed by atoms with Crippen LogP contribution in [0.3, 0.4) is 0 Å². The Morgan fingerprint density at radius 2 is 1.92 bits per heavy atom. The van der Waals surface area contributed by atoms with Crippen molar-refractivity contribution in [2.45, 2.75) is 20.0 Å². The van der Waals surface area contributed by atoms with Gasteiger partial charge in [0.25, 0.3) is 0 Å². The van der Waals surface area contributed by atoms with E-state index >= 15 is 0 Å². The Hall–Kier alpha value is -1.90. The molecule has 0 aliphatic rings. The van der Waals surface area contributed by atoms with E-state index in [-0.39, 0.29) is 24.0 Å². The molecule has 6 nitrogen and oxygen atoms in total. The number of benzene rings is 1. The summed E-state index contributed by atoms with van der Waals surface area (Å²) in [5.74, 6) is 3.01. The standard InChI is InChI=1S/C17H23N3O3.HI/c1-4-18-17(20-12-14-6-5-9-23-14)19-11-13-7-8-15(21-2)16(10-13)22-3;/h5-10H,4,11-12H2,1-3H3,(H2,18,19,20);1H. The summed E-state index contributed by atoms with van der Waals surface area (Å²) in [7, 11) is 3.25. The minimum absolute atomic E-state index is 0. The van der Waals surface area contributed by atoms with Gasteiger partial charge in [0.1, 0.15) is 5.76 Å². The third-order valence-electron chi connectivity index (χ3n) is 3.22. The van der Waals surface area contributed by atoms with Gasteiger partial charge in [-0.25, -0.2) is 4.99 Å². The Balaban J connectivity index is 0.00000288. The van der Waals surface area contributed by atoms with E-state index in [1.165, 1.54) is 0 Å². The van der Waals surface area contributed by atoms with E-state index in [2.05, 4.69) is 15.6 Å². The van der Waals surface area contributed by atoms with Gasteiger partial charge in [-0.15, -0.1) is 24.0 Å². The molecule has 0 aliphatic carbocycles. The fraction of sp³-hybridized carbons (Fsp3) is 0.353. The van der Waals surface area contributed by atoms with Crippen LogP contribution in [0.15, 0.2) is 46.0 Å². The molecule has 1 heterocycles. The summed E-state index contributed by atoms with van der Waals surface area (Å²) in [6.45, 7) is 3.94. The molecule has 0 saturated heterocycles. The molecular weight excluding hydrogens is 421 g/mol. The Morgan fingerprint density at radius 1 is 1.12 bits per heavy atom. The van der Waals surface area contributed by atoms with Crippen LogP contribution in [-0.2, 0) is 13.1 Å². The lowest BCUT2D eigenvalue weighted by Gasteiger charge is -2.11. The van der Waals surface area contributed by atoms with Gasteiger partial charge >= 0.3 is 0 Å². The highest BCUT2D eigenvalue weighted by Gasteiger charge is 2.05. The van der Waals surface area contributed by atoms with Crippen molar-refractivity contribution in [2.24, 2.45) is 4.99 Å². The summed E-state index contributed by atoms with van der Waals surface area (Å²) in [4.78, 5) is 4.57. The van der Waals surface area contributed by atoms with Crippen molar-refractivity contribution in [1.82, 2.24) is 10.6 Å². The van der Waals surface area contributed by atoms with Crippen LogP contribution in [0.4, 0.5) is 0 Å². The van der Waals surface area contributed by atoms with Crippen molar-refractivity contribution in [3.8, 4) is 11.5 Å². The molecule has 0 aliphatic heterocycles.